The molecule has 0 fully saturated rings. The van der Waals surface area contributed by atoms with Crippen molar-refractivity contribution in [3.63, 3.8) is 0 Å². The van der Waals surface area contributed by atoms with Crippen molar-refractivity contribution in [1.29, 1.82) is 0 Å². The van der Waals surface area contributed by atoms with Gasteiger partial charge in [0.25, 0.3) is 5.91 Å². The zero-order chi connectivity index (χ0) is 19.2. The molecule has 0 bridgehead atoms. The molecular formula is C22H21NO4. The van der Waals surface area contributed by atoms with E-state index in [-0.39, 0.29) is 12.3 Å². The van der Waals surface area contributed by atoms with Crippen molar-refractivity contribution >= 4 is 22.6 Å². The summed E-state index contributed by atoms with van der Waals surface area (Å²) in [4.78, 5) is 24.6. The van der Waals surface area contributed by atoms with Gasteiger partial charge in [0.2, 0.25) is 0 Å². The van der Waals surface area contributed by atoms with Gasteiger partial charge in [0.05, 0.1) is 26.7 Å². The van der Waals surface area contributed by atoms with Gasteiger partial charge in [-0.2, -0.15) is 0 Å². The van der Waals surface area contributed by atoms with Gasteiger partial charge in [0.15, 0.2) is 0 Å². The van der Waals surface area contributed by atoms with Crippen LogP contribution >= 0.6 is 0 Å². The van der Waals surface area contributed by atoms with E-state index in [0.717, 1.165) is 16.3 Å². The Bertz CT molecular complexity index is 967. The molecule has 3 aromatic rings. The van der Waals surface area contributed by atoms with Gasteiger partial charge in [0, 0.05) is 5.56 Å². The molecule has 5 nitrogen and oxygen atoms in total. The summed E-state index contributed by atoms with van der Waals surface area (Å²) < 4.78 is 10.0. The van der Waals surface area contributed by atoms with Crippen LogP contribution in [-0.4, -0.2) is 26.1 Å². The highest BCUT2D eigenvalue weighted by molar-refractivity contribution is 5.99. The van der Waals surface area contributed by atoms with Crippen molar-refractivity contribution in [2.75, 3.05) is 14.2 Å². The van der Waals surface area contributed by atoms with Crippen LogP contribution in [0.4, 0.5) is 0 Å². The molecule has 3 rings (SSSR count). The molecule has 0 spiro atoms. The number of methoxy groups -OCH3 is 2. The molecule has 0 aromatic heterocycles. The fraction of sp³-hybridized carbons (Fsp3) is 0.182. The van der Waals surface area contributed by atoms with E-state index in [1.54, 1.807) is 19.2 Å². The van der Waals surface area contributed by atoms with Crippen LogP contribution in [0.2, 0.25) is 0 Å². The second kappa shape index (κ2) is 8.36. The average molecular weight is 363 g/mol. The summed E-state index contributed by atoms with van der Waals surface area (Å²) >= 11 is 0. The third-order valence-corrected chi connectivity index (χ3v) is 4.41. The molecule has 0 saturated heterocycles. The standard InChI is InChI=1S/C22H21NO4/c1-26-19-9-5-8-17(13-19)20(14-21(24)27-2)23-22(25)18-11-10-15-6-3-4-7-16(15)12-18/h3-13,20H,14H2,1-2H3,(H,23,25). The Hall–Kier alpha value is -3.34. The molecule has 0 radical (unpaired) electrons. The summed E-state index contributed by atoms with van der Waals surface area (Å²) in [5, 5.41) is 4.98. The number of amides is 1. The van der Waals surface area contributed by atoms with E-state index in [4.69, 9.17) is 9.47 Å². The number of hydrogen-bond acceptors (Lipinski definition) is 4. The lowest BCUT2D eigenvalue weighted by Gasteiger charge is -2.19. The van der Waals surface area contributed by atoms with Crippen LogP contribution < -0.4 is 10.1 Å². The molecule has 0 aliphatic rings. The number of esters is 1. The Kier molecular flexibility index (Phi) is 5.71. The molecule has 0 saturated carbocycles. The SMILES string of the molecule is COC(=O)CC(NC(=O)c1ccc2ccccc2c1)c1cccc(OC)c1. The summed E-state index contributed by atoms with van der Waals surface area (Å²) in [5.74, 6) is 0.00132. The zero-order valence-electron chi connectivity index (χ0n) is 15.3. The van der Waals surface area contributed by atoms with Crippen molar-refractivity contribution in [2.24, 2.45) is 0 Å². The number of hydrogen-bond donors (Lipinski definition) is 1. The summed E-state index contributed by atoms with van der Waals surface area (Å²) in [6.07, 6.45) is 0.0307. The van der Waals surface area contributed by atoms with Crippen LogP contribution in [0.25, 0.3) is 10.8 Å². The highest BCUT2D eigenvalue weighted by Gasteiger charge is 2.20. The van der Waals surface area contributed by atoms with Gasteiger partial charge in [-0.05, 0) is 40.6 Å². The fourth-order valence-electron chi connectivity index (χ4n) is 2.93. The molecular weight excluding hydrogens is 342 g/mol. The van der Waals surface area contributed by atoms with Crippen molar-refractivity contribution in [1.82, 2.24) is 5.32 Å². The predicted octanol–water partition coefficient (Wildman–Crippen LogP) is 3.88. The summed E-state index contributed by atoms with van der Waals surface area (Å²) in [6.45, 7) is 0. The molecule has 3 aromatic carbocycles. The minimum Gasteiger partial charge on any atom is -0.497 e. The Labute approximate surface area is 157 Å². The van der Waals surface area contributed by atoms with Crippen LogP contribution in [0.15, 0.2) is 66.7 Å². The number of ether oxygens (including phenoxy) is 2. The topological polar surface area (TPSA) is 64.6 Å². The van der Waals surface area contributed by atoms with Gasteiger partial charge in [-0.3, -0.25) is 9.59 Å². The summed E-state index contributed by atoms with van der Waals surface area (Å²) in [7, 11) is 2.90. The van der Waals surface area contributed by atoms with Gasteiger partial charge < -0.3 is 14.8 Å². The third-order valence-electron chi connectivity index (χ3n) is 4.41. The first-order chi connectivity index (χ1) is 13.1. The normalized spacial score (nSPS) is 11.6. The summed E-state index contributed by atoms with van der Waals surface area (Å²) in [5.41, 5.74) is 1.31. The number of rotatable bonds is 6. The van der Waals surface area contributed by atoms with E-state index in [0.29, 0.717) is 11.3 Å². The van der Waals surface area contributed by atoms with Crippen molar-refractivity contribution in [2.45, 2.75) is 12.5 Å². The van der Waals surface area contributed by atoms with E-state index >= 15 is 0 Å². The van der Waals surface area contributed by atoms with E-state index in [2.05, 4.69) is 5.32 Å². The molecule has 1 amide bonds. The molecule has 0 aliphatic carbocycles. The number of carbonyl (C=O) groups is 2. The van der Waals surface area contributed by atoms with E-state index in [1.165, 1.54) is 7.11 Å². The van der Waals surface area contributed by atoms with E-state index in [1.807, 2.05) is 54.6 Å². The first-order valence-corrected chi connectivity index (χ1v) is 8.61. The van der Waals surface area contributed by atoms with Gasteiger partial charge in [-0.15, -0.1) is 0 Å². The Morgan fingerprint density at radius 2 is 1.70 bits per heavy atom. The van der Waals surface area contributed by atoms with Crippen LogP contribution in [0.1, 0.15) is 28.4 Å². The molecule has 1 N–H and O–H groups in total. The van der Waals surface area contributed by atoms with Crippen LogP contribution in [0.5, 0.6) is 5.75 Å². The number of nitrogens with one attached hydrogen (secondary N) is 1. The van der Waals surface area contributed by atoms with Crippen molar-refractivity contribution in [3.8, 4) is 5.75 Å². The van der Waals surface area contributed by atoms with Crippen LogP contribution in [0, 0.1) is 0 Å². The monoisotopic (exact) mass is 363 g/mol. The van der Waals surface area contributed by atoms with Crippen molar-refractivity contribution < 1.29 is 19.1 Å². The number of carbonyl (C=O) groups excluding carboxylic acids is 2. The Balaban J connectivity index is 1.87. The van der Waals surface area contributed by atoms with E-state index < -0.39 is 12.0 Å². The molecule has 5 heteroatoms. The fourth-order valence-corrected chi connectivity index (χ4v) is 2.93. The second-order valence-corrected chi connectivity index (χ2v) is 6.14. The minimum atomic E-state index is -0.522. The maximum atomic E-state index is 12.8. The predicted molar refractivity (Wildman–Crippen MR) is 104 cm³/mol. The second-order valence-electron chi connectivity index (χ2n) is 6.14. The molecule has 0 heterocycles. The lowest BCUT2D eigenvalue weighted by atomic mass is 10.0. The highest BCUT2D eigenvalue weighted by atomic mass is 16.5. The lowest BCUT2D eigenvalue weighted by molar-refractivity contribution is -0.141. The molecule has 27 heavy (non-hydrogen) atoms. The molecule has 1 unspecified atom stereocenters. The lowest BCUT2D eigenvalue weighted by Crippen LogP contribution is -2.30. The van der Waals surface area contributed by atoms with E-state index in [9.17, 15) is 9.59 Å². The largest absolute Gasteiger partial charge is 0.497 e. The van der Waals surface area contributed by atoms with Crippen LogP contribution in [-0.2, 0) is 9.53 Å². The maximum absolute atomic E-state index is 12.8. The Morgan fingerprint density at radius 3 is 2.44 bits per heavy atom. The van der Waals surface area contributed by atoms with Gasteiger partial charge in [0.1, 0.15) is 5.75 Å². The van der Waals surface area contributed by atoms with Crippen molar-refractivity contribution in [3.05, 3.63) is 77.9 Å². The third kappa shape index (κ3) is 4.44. The first-order valence-electron chi connectivity index (χ1n) is 8.61. The van der Waals surface area contributed by atoms with Crippen LogP contribution in [0.3, 0.4) is 0 Å². The highest BCUT2D eigenvalue weighted by Crippen LogP contribution is 2.23. The van der Waals surface area contributed by atoms with Gasteiger partial charge in [-0.25, -0.2) is 0 Å². The number of benzene rings is 3. The quantitative estimate of drug-likeness (QED) is 0.675. The number of fused-ring (bicyclic) bond motifs is 1. The first kappa shape index (κ1) is 18.5. The minimum absolute atomic E-state index is 0.0307. The van der Waals surface area contributed by atoms with Gasteiger partial charge in [-0.1, -0.05) is 42.5 Å². The maximum Gasteiger partial charge on any atom is 0.307 e. The van der Waals surface area contributed by atoms with Gasteiger partial charge >= 0.3 is 5.97 Å². The average Bonchev–Trinajstić information content (AvgIpc) is 2.72. The molecule has 0 aliphatic heterocycles. The zero-order valence-corrected chi connectivity index (χ0v) is 15.3. The smallest absolute Gasteiger partial charge is 0.307 e. The summed E-state index contributed by atoms with van der Waals surface area (Å²) in [6, 6.07) is 20.1. The molecule has 1 atom stereocenters. The molecule has 138 valence electrons. The Morgan fingerprint density at radius 1 is 0.926 bits per heavy atom.